The summed E-state index contributed by atoms with van der Waals surface area (Å²) in [4.78, 5) is 23.9. The van der Waals surface area contributed by atoms with E-state index in [1.807, 2.05) is 12.1 Å². The molecule has 1 amide bonds. The Bertz CT molecular complexity index is 637. The molecule has 1 N–H and O–H groups in total. The fourth-order valence-electron chi connectivity index (χ4n) is 1.62. The van der Waals surface area contributed by atoms with Gasteiger partial charge in [-0.15, -0.1) is 11.3 Å². The lowest BCUT2D eigenvalue weighted by Gasteiger charge is -2.07. The summed E-state index contributed by atoms with van der Waals surface area (Å²) in [6, 6.07) is 10.6. The Labute approximate surface area is 135 Å². The van der Waals surface area contributed by atoms with Crippen molar-refractivity contribution >= 4 is 39.0 Å². The van der Waals surface area contributed by atoms with Crippen LogP contribution in [0.2, 0.25) is 0 Å². The van der Waals surface area contributed by atoms with Crippen molar-refractivity contribution in [3.63, 3.8) is 0 Å². The zero-order chi connectivity index (χ0) is 15.2. The highest BCUT2D eigenvalue weighted by molar-refractivity contribution is 9.11. The van der Waals surface area contributed by atoms with Gasteiger partial charge < -0.3 is 10.1 Å². The van der Waals surface area contributed by atoms with Gasteiger partial charge in [-0.3, -0.25) is 9.59 Å². The van der Waals surface area contributed by atoms with E-state index in [0.29, 0.717) is 17.9 Å². The molecule has 0 fully saturated rings. The van der Waals surface area contributed by atoms with Crippen molar-refractivity contribution < 1.29 is 14.3 Å². The molecule has 0 saturated heterocycles. The van der Waals surface area contributed by atoms with Crippen LogP contribution in [0.15, 0.2) is 40.2 Å². The van der Waals surface area contributed by atoms with E-state index < -0.39 is 0 Å². The maximum Gasteiger partial charge on any atom is 0.258 e. The molecule has 2 rings (SSSR count). The van der Waals surface area contributed by atoms with E-state index in [1.54, 1.807) is 35.6 Å². The molecule has 1 heterocycles. The molecule has 1 aromatic carbocycles. The number of ketones is 1. The number of benzene rings is 1. The third kappa shape index (κ3) is 4.99. The number of rotatable bonds is 6. The first-order valence-electron chi connectivity index (χ1n) is 6.29. The smallest absolute Gasteiger partial charge is 0.258 e. The van der Waals surface area contributed by atoms with E-state index in [-0.39, 0.29) is 18.3 Å². The highest BCUT2D eigenvalue weighted by Crippen LogP contribution is 2.21. The van der Waals surface area contributed by atoms with Crippen LogP contribution in [0.5, 0.6) is 5.75 Å². The molecule has 0 atom stereocenters. The summed E-state index contributed by atoms with van der Waals surface area (Å²) in [6.07, 6.45) is 0. The lowest BCUT2D eigenvalue weighted by Crippen LogP contribution is -2.28. The van der Waals surface area contributed by atoms with E-state index in [4.69, 9.17) is 4.74 Å². The second kappa shape index (κ2) is 7.38. The van der Waals surface area contributed by atoms with E-state index in [1.165, 1.54) is 6.92 Å². The zero-order valence-electron chi connectivity index (χ0n) is 11.4. The number of thiophene rings is 1. The molecule has 0 unspecified atom stereocenters. The van der Waals surface area contributed by atoms with Gasteiger partial charge in [-0.2, -0.15) is 0 Å². The SMILES string of the molecule is CC(=O)c1ccc(OCC(=O)NCc2ccc(Br)s2)cc1. The van der Waals surface area contributed by atoms with Crippen LogP contribution in [0.25, 0.3) is 0 Å². The molecular weight excluding hydrogens is 354 g/mol. The minimum absolute atomic E-state index is 0.00130. The van der Waals surface area contributed by atoms with Gasteiger partial charge in [-0.25, -0.2) is 0 Å². The minimum Gasteiger partial charge on any atom is -0.484 e. The lowest BCUT2D eigenvalue weighted by molar-refractivity contribution is -0.123. The van der Waals surface area contributed by atoms with Crippen LogP contribution in [0.1, 0.15) is 22.2 Å². The maximum absolute atomic E-state index is 11.7. The normalized spacial score (nSPS) is 10.2. The number of carbonyl (C=O) groups excluding carboxylic acids is 2. The van der Waals surface area contributed by atoms with Gasteiger partial charge in [-0.05, 0) is 59.3 Å². The summed E-state index contributed by atoms with van der Waals surface area (Å²) in [7, 11) is 0. The zero-order valence-corrected chi connectivity index (χ0v) is 13.8. The molecule has 1 aromatic heterocycles. The summed E-state index contributed by atoms with van der Waals surface area (Å²) in [6.45, 7) is 1.94. The van der Waals surface area contributed by atoms with Gasteiger partial charge in [-0.1, -0.05) is 0 Å². The summed E-state index contributed by atoms with van der Waals surface area (Å²) in [5, 5.41) is 2.78. The Morgan fingerprint density at radius 2 is 1.90 bits per heavy atom. The van der Waals surface area contributed by atoms with Gasteiger partial charge in [0.25, 0.3) is 5.91 Å². The third-order valence-electron chi connectivity index (χ3n) is 2.72. The van der Waals surface area contributed by atoms with Crippen LogP contribution in [0.4, 0.5) is 0 Å². The summed E-state index contributed by atoms with van der Waals surface area (Å²) >= 11 is 4.95. The van der Waals surface area contributed by atoms with Crippen LogP contribution >= 0.6 is 27.3 Å². The molecule has 21 heavy (non-hydrogen) atoms. The van der Waals surface area contributed by atoms with Crippen molar-refractivity contribution in [3.05, 3.63) is 50.6 Å². The molecule has 6 heteroatoms. The minimum atomic E-state index is -0.185. The van der Waals surface area contributed by atoms with E-state index in [0.717, 1.165) is 8.66 Å². The first-order chi connectivity index (χ1) is 10.0. The number of nitrogens with one attached hydrogen (secondary N) is 1. The fraction of sp³-hybridized carbons (Fsp3) is 0.200. The first kappa shape index (κ1) is 15.7. The van der Waals surface area contributed by atoms with Crippen molar-refractivity contribution in [2.75, 3.05) is 6.61 Å². The number of halogens is 1. The van der Waals surface area contributed by atoms with Crippen molar-refractivity contribution in [1.82, 2.24) is 5.32 Å². The maximum atomic E-state index is 11.7. The molecule has 2 aromatic rings. The Kier molecular flexibility index (Phi) is 5.52. The molecule has 0 bridgehead atoms. The average Bonchev–Trinajstić information content (AvgIpc) is 2.89. The van der Waals surface area contributed by atoms with Crippen LogP contribution < -0.4 is 10.1 Å². The van der Waals surface area contributed by atoms with Crippen LogP contribution in [-0.2, 0) is 11.3 Å². The molecule has 0 aliphatic carbocycles. The highest BCUT2D eigenvalue weighted by Gasteiger charge is 2.05. The van der Waals surface area contributed by atoms with Crippen molar-refractivity contribution in [3.8, 4) is 5.75 Å². The van der Waals surface area contributed by atoms with Gasteiger partial charge >= 0.3 is 0 Å². The molecule has 0 saturated carbocycles. The highest BCUT2D eigenvalue weighted by atomic mass is 79.9. The van der Waals surface area contributed by atoms with Gasteiger partial charge in [0.2, 0.25) is 0 Å². The predicted octanol–water partition coefficient (Wildman–Crippen LogP) is 3.41. The van der Waals surface area contributed by atoms with E-state index in [2.05, 4.69) is 21.2 Å². The Balaban J connectivity index is 1.77. The van der Waals surface area contributed by atoms with Crippen LogP contribution in [0, 0.1) is 0 Å². The van der Waals surface area contributed by atoms with Gasteiger partial charge in [0.1, 0.15) is 5.75 Å². The standard InChI is InChI=1S/C15H14BrNO3S/c1-10(18)11-2-4-12(5-3-11)20-9-15(19)17-8-13-6-7-14(16)21-13/h2-7H,8-9H2,1H3,(H,17,19). The number of hydrogen-bond donors (Lipinski definition) is 1. The summed E-state index contributed by atoms with van der Waals surface area (Å²) in [5.41, 5.74) is 0.620. The molecule has 0 aliphatic heterocycles. The lowest BCUT2D eigenvalue weighted by atomic mass is 10.1. The monoisotopic (exact) mass is 367 g/mol. The van der Waals surface area contributed by atoms with Crippen molar-refractivity contribution in [1.29, 1.82) is 0 Å². The van der Waals surface area contributed by atoms with Crippen LogP contribution in [-0.4, -0.2) is 18.3 Å². The number of amides is 1. The third-order valence-corrected chi connectivity index (χ3v) is 4.34. The number of hydrogen-bond acceptors (Lipinski definition) is 4. The Morgan fingerprint density at radius 1 is 1.19 bits per heavy atom. The number of Topliss-reactive ketones (excluding diaryl/α,β-unsaturated/α-hetero) is 1. The van der Waals surface area contributed by atoms with Gasteiger partial charge in [0.05, 0.1) is 10.3 Å². The summed E-state index contributed by atoms with van der Waals surface area (Å²) < 4.78 is 6.40. The van der Waals surface area contributed by atoms with Gasteiger partial charge in [0.15, 0.2) is 12.4 Å². The molecular formula is C15H14BrNO3S. The molecule has 0 radical (unpaired) electrons. The average molecular weight is 368 g/mol. The first-order valence-corrected chi connectivity index (χ1v) is 7.90. The molecule has 110 valence electrons. The largest absolute Gasteiger partial charge is 0.484 e. The Morgan fingerprint density at radius 3 is 2.48 bits per heavy atom. The molecule has 4 nitrogen and oxygen atoms in total. The number of ether oxygens (including phenoxy) is 1. The number of carbonyl (C=O) groups is 2. The molecule has 0 aliphatic rings. The van der Waals surface area contributed by atoms with Gasteiger partial charge in [0, 0.05) is 10.4 Å². The Hall–Kier alpha value is -1.66. The van der Waals surface area contributed by atoms with E-state index >= 15 is 0 Å². The topological polar surface area (TPSA) is 55.4 Å². The predicted molar refractivity (Wildman–Crippen MR) is 85.8 cm³/mol. The summed E-state index contributed by atoms with van der Waals surface area (Å²) in [5.74, 6) is 0.380. The van der Waals surface area contributed by atoms with E-state index in [9.17, 15) is 9.59 Å². The van der Waals surface area contributed by atoms with Crippen LogP contribution in [0.3, 0.4) is 0 Å². The van der Waals surface area contributed by atoms with Crippen molar-refractivity contribution in [2.24, 2.45) is 0 Å². The fourth-order valence-corrected chi connectivity index (χ4v) is 3.04. The second-order valence-corrected chi connectivity index (χ2v) is 6.90. The van der Waals surface area contributed by atoms with Crippen molar-refractivity contribution in [2.45, 2.75) is 13.5 Å². The second-order valence-electron chi connectivity index (χ2n) is 4.35. The quantitative estimate of drug-likeness (QED) is 0.795. The molecule has 0 spiro atoms.